The predicted molar refractivity (Wildman–Crippen MR) is 65.2 cm³/mol. The Bertz CT molecular complexity index is 251. The van der Waals surface area contributed by atoms with E-state index in [0.29, 0.717) is 11.3 Å². The van der Waals surface area contributed by atoms with Crippen molar-refractivity contribution in [2.75, 3.05) is 13.6 Å². The molecule has 0 spiro atoms. The second-order valence-corrected chi connectivity index (χ2v) is 6.62. The average molecular weight is 223 g/mol. The van der Waals surface area contributed by atoms with E-state index in [4.69, 9.17) is 0 Å². The van der Waals surface area contributed by atoms with Crippen LogP contribution in [0.25, 0.3) is 0 Å². The van der Waals surface area contributed by atoms with Gasteiger partial charge in [0.2, 0.25) is 0 Å². The van der Waals surface area contributed by atoms with Crippen LogP contribution >= 0.6 is 0 Å². The van der Waals surface area contributed by atoms with Crippen LogP contribution in [0.3, 0.4) is 0 Å². The molecule has 4 bridgehead atoms. The van der Waals surface area contributed by atoms with Gasteiger partial charge in [0.25, 0.3) is 0 Å². The molecule has 4 rings (SSSR count). The standard InChI is InChI=1S/C14H25NO/c1-15-4-2-3-14-8-10-5-11(9-14)7-12(6-10)13(14)16/h10-13,15-16H,2-9H2,1H3. The molecule has 92 valence electrons. The molecule has 4 aliphatic carbocycles. The van der Waals surface area contributed by atoms with Crippen LogP contribution in [-0.4, -0.2) is 24.8 Å². The lowest BCUT2D eigenvalue weighted by Gasteiger charge is -2.59. The van der Waals surface area contributed by atoms with E-state index in [1.165, 1.54) is 44.9 Å². The maximum absolute atomic E-state index is 10.6. The van der Waals surface area contributed by atoms with Gasteiger partial charge in [-0.1, -0.05) is 0 Å². The number of hydrogen-bond donors (Lipinski definition) is 2. The van der Waals surface area contributed by atoms with Gasteiger partial charge < -0.3 is 10.4 Å². The maximum atomic E-state index is 10.6. The number of nitrogens with one attached hydrogen (secondary N) is 1. The number of aliphatic hydroxyl groups is 1. The Hall–Kier alpha value is -0.0800. The van der Waals surface area contributed by atoms with E-state index in [1.54, 1.807) is 0 Å². The van der Waals surface area contributed by atoms with Crippen LogP contribution in [0.15, 0.2) is 0 Å². The Morgan fingerprint density at radius 1 is 1.19 bits per heavy atom. The molecule has 2 heteroatoms. The van der Waals surface area contributed by atoms with Crippen LogP contribution in [0.1, 0.15) is 44.9 Å². The summed E-state index contributed by atoms with van der Waals surface area (Å²) in [5.41, 5.74) is 0.325. The molecular formula is C14H25NO. The van der Waals surface area contributed by atoms with Gasteiger partial charge in [-0.3, -0.25) is 0 Å². The molecule has 0 aromatic rings. The average Bonchev–Trinajstić information content (AvgIpc) is 2.25. The predicted octanol–water partition coefficient (Wildman–Crippen LogP) is 2.17. The molecule has 16 heavy (non-hydrogen) atoms. The Morgan fingerprint density at radius 3 is 2.50 bits per heavy atom. The summed E-state index contributed by atoms with van der Waals surface area (Å²) in [7, 11) is 2.02. The summed E-state index contributed by atoms with van der Waals surface area (Å²) in [5.74, 6) is 2.56. The third-order valence-corrected chi connectivity index (χ3v) is 5.50. The van der Waals surface area contributed by atoms with Crippen LogP contribution in [-0.2, 0) is 0 Å². The first-order valence-corrected chi connectivity index (χ1v) is 7.06. The van der Waals surface area contributed by atoms with E-state index < -0.39 is 0 Å². The molecule has 0 saturated heterocycles. The van der Waals surface area contributed by atoms with Crippen LogP contribution in [0.5, 0.6) is 0 Å². The molecular weight excluding hydrogens is 198 g/mol. The lowest BCUT2D eigenvalue weighted by Crippen LogP contribution is -2.55. The van der Waals surface area contributed by atoms with Crippen molar-refractivity contribution in [3.63, 3.8) is 0 Å². The molecule has 4 fully saturated rings. The van der Waals surface area contributed by atoms with Gasteiger partial charge in [-0.2, -0.15) is 0 Å². The zero-order valence-corrected chi connectivity index (χ0v) is 10.4. The number of rotatable bonds is 4. The molecule has 3 unspecified atom stereocenters. The highest BCUT2D eigenvalue weighted by Crippen LogP contribution is 2.61. The zero-order chi connectivity index (χ0) is 11.2. The lowest BCUT2D eigenvalue weighted by atomic mass is 9.47. The fraction of sp³-hybridized carbons (Fsp3) is 1.00. The lowest BCUT2D eigenvalue weighted by molar-refractivity contribution is -0.158. The Labute approximate surface area is 98.8 Å². The summed E-state index contributed by atoms with van der Waals surface area (Å²) < 4.78 is 0. The highest BCUT2D eigenvalue weighted by molar-refractivity contribution is 5.06. The highest BCUT2D eigenvalue weighted by atomic mass is 16.3. The van der Waals surface area contributed by atoms with E-state index in [0.717, 1.165) is 18.4 Å². The fourth-order valence-electron chi connectivity index (χ4n) is 5.15. The van der Waals surface area contributed by atoms with Crippen molar-refractivity contribution in [1.82, 2.24) is 5.32 Å². The third kappa shape index (κ3) is 1.62. The number of hydrogen-bond acceptors (Lipinski definition) is 2. The van der Waals surface area contributed by atoms with E-state index >= 15 is 0 Å². The van der Waals surface area contributed by atoms with Gasteiger partial charge in [-0.25, -0.2) is 0 Å². The van der Waals surface area contributed by atoms with E-state index in [1.807, 2.05) is 7.05 Å². The zero-order valence-electron chi connectivity index (χ0n) is 10.4. The normalized spacial score (nSPS) is 49.9. The molecule has 0 aliphatic heterocycles. The quantitative estimate of drug-likeness (QED) is 0.716. The molecule has 0 aromatic carbocycles. The van der Waals surface area contributed by atoms with Gasteiger partial charge in [0.1, 0.15) is 0 Å². The highest BCUT2D eigenvalue weighted by Gasteiger charge is 2.55. The van der Waals surface area contributed by atoms with Crippen molar-refractivity contribution in [2.45, 2.75) is 51.0 Å². The fourth-order valence-corrected chi connectivity index (χ4v) is 5.15. The van der Waals surface area contributed by atoms with E-state index in [-0.39, 0.29) is 6.10 Å². The SMILES string of the molecule is CNCCCC12CC3CC(CC(C3)C1O)C2. The molecule has 0 amide bonds. The van der Waals surface area contributed by atoms with Crippen LogP contribution < -0.4 is 5.32 Å². The summed E-state index contributed by atoms with van der Waals surface area (Å²) in [5, 5.41) is 13.8. The molecule has 4 saturated carbocycles. The van der Waals surface area contributed by atoms with Gasteiger partial charge in [-0.15, -0.1) is 0 Å². The van der Waals surface area contributed by atoms with Gasteiger partial charge in [0, 0.05) is 0 Å². The van der Waals surface area contributed by atoms with Crippen molar-refractivity contribution in [3.8, 4) is 0 Å². The smallest absolute Gasteiger partial charge is 0.0624 e. The molecule has 3 atom stereocenters. The number of aliphatic hydroxyl groups excluding tert-OH is 1. The molecule has 0 radical (unpaired) electrons. The molecule has 4 aliphatic rings. The summed E-state index contributed by atoms with van der Waals surface area (Å²) >= 11 is 0. The molecule has 2 N–H and O–H groups in total. The van der Waals surface area contributed by atoms with Crippen LogP contribution in [0.2, 0.25) is 0 Å². The van der Waals surface area contributed by atoms with E-state index in [9.17, 15) is 5.11 Å². The van der Waals surface area contributed by atoms with Crippen molar-refractivity contribution < 1.29 is 5.11 Å². The van der Waals surface area contributed by atoms with Crippen molar-refractivity contribution >= 4 is 0 Å². The van der Waals surface area contributed by atoms with Gasteiger partial charge >= 0.3 is 0 Å². The first kappa shape index (κ1) is 11.0. The Kier molecular flexibility index (Phi) is 2.75. The van der Waals surface area contributed by atoms with Gasteiger partial charge in [0.05, 0.1) is 6.10 Å². The first-order chi connectivity index (χ1) is 7.73. The second kappa shape index (κ2) is 3.99. The monoisotopic (exact) mass is 223 g/mol. The molecule has 2 nitrogen and oxygen atoms in total. The Balaban J connectivity index is 1.72. The van der Waals surface area contributed by atoms with Crippen molar-refractivity contribution in [2.24, 2.45) is 23.2 Å². The van der Waals surface area contributed by atoms with Crippen LogP contribution in [0.4, 0.5) is 0 Å². The van der Waals surface area contributed by atoms with Gasteiger partial charge in [0.15, 0.2) is 0 Å². The van der Waals surface area contributed by atoms with Crippen molar-refractivity contribution in [1.29, 1.82) is 0 Å². The second-order valence-electron chi connectivity index (χ2n) is 6.62. The minimum absolute atomic E-state index is 0.0251. The third-order valence-electron chi connectivity index (χ3n) is 5.50. The first-order valence-electron chi connectivity index (χ1n) is 7.06. The topological polar surface area (TPSA) is 32.3 Å². The molecule has 0 heterocycles. The summed E-state index contributed by atoms with van der Waals surface area (Å²) in [4.78, 5) is 0. The largest absolute Gasteiger partial charge is 0.392 e. The molecule has 0 aromatic heterocycles. The van der Waals surface area contributed by atoms with Gasteiger partial charge in [-0.05, 0) is 81.7 Å². The summed E-state index contributed by atoms with van der Waals surface area (Å²) in [6, 6.07) is 0. The van der Waals surface area contributed by atoms with Crippen molar-refractivity contribution in [3.05, 3.63) is 0 Å². The van der Waals surface area contributed by atoms with Crippen LogP contribution in [0, 0.1) is 23.2 Å². The minimum atomic E-state index is 0.0251. The Morgan fingerprint density at radius 2 is 1.88 bits per heavy atom. The minimum Gasteiger partial charge on any atom is -0.392 e. The van der Waals surface area contributed by atoms with E-state index in [2.05, 4.69) is 5.32 Å². The summed E-state index contributed by atoms with van der Waals surface area (Å²) in [6.45, 7) is 1.11. The summed E-state index contributed by atoms with van der Waals surface area (Å²) in [6.07, 6.45) is 9.28. The maximum Gasteiger partial charge on any atom is 0.0624 e.